The van der Waals surface area contributed by atoms with Gasteiger partial charge in [0.2, 0.25) is 0 Å². The third kappa shape index (κ3) is 3.21. The number of ether oxygens (including phenoxy) is 1. The minimum atomic E-state index is 0.651. The second-order valence-electron chi connectivity index (χ2n) is 3.38. The second-order valence-corrected chi connectivity index (χ2v) is 4.23. The Morgan fingerprint density at radius 1 is 1.27 bits per heavy atom. The quantitative estimate of drug-likeness (QED) is 0.894. The minimum Gasteiger partial charge on any atom is -0.494 e. The molecule has 0 unspecified atom stereocenters. The molecule has 0 saturated heterocycles. The van der Waals surface area contributed by atoms with Crippen molar-refractivity contribution in [1.29, 1.82) is 0 Å². The van der Waals surface area contributed by atoms with Crippen molar-refractivity contribution in [2.24, 2.45) is 5.73 Å². The molecule has 0 fully saturated rings. The Morgan fingerprint density at radius 3 is 2.53 bits per heavy atom. The van der Waals surface area contributed by atoms with Crippen LogP contribution in [0, 0.1) is 0 Å². The van der Waals surface area contributed by atoms with Crippen molar-refractivity contribution < 1.29 is 4.74 Å². The third-order valence-corrected chi connectivity index (χ3v) is 3.06. The molecule has 1 rings (SSSR count). The molecule has 84 valence electrons. The molecule has 0 aliphatic carbocycles. The highest BCUT2D eigenvalue weighted by molar-refractivity contribution is 9.10. The summed E-state index contributed by atoms with van der Waals surface area (Å²) in [5.74, 6) is 0.975. The molecule has 0 bridgehead atoms. The van der Waals surface area contributed by atoms with Crippen molar-refractivity contribution in [3.05, 3.63) is 27.7 Å². The van der Waals surface area contributed by atoms with E-state index in [1.807, 2.05) is 6.92 Å². The number of hydrogen-bond acceptors (Lipinski definition) is 2. The van der Waals surface area contributed by atoms with Crippen LogP contribution >= 0.6 is 15.9 Å². The van der Waals surface area contributed by atoms with Gasteiger partial charge in [0, 0.05) is 4.47 Å². The fourth-order valence-electron chi connectivity index (χ4n) is 1.55. The average Bonchev–Trinajstić information content (AvgIpc) is 2.22. The average molecular weight is 272 g/mol. The number of nitrogens with two attached hydrogens (primary N) is 1. The Morgan fingerprint density at radius 2 is 2.00 bits per heavy atom. The van der Waals surface area contributed by atoms with Gasteiger partial charge in [0.25, 0.3) is 0 Å². The summed E-state index contributed by atoms with van der Waals surface area (Å²) in [5.41, 5.74) is 8.04. The van der Waals surface area contributed by atoms with Gasteiger partial charge >= 0.3 is 0 Å². The van der Waals surface area contributed by atoms with E-state index >= 15 is 0 Å². The minimum absolute atomic E-state index is 0.651. The van der Waals surface area contributed by atoms with Crippen LogP contribution < -0.4 is 10.5 Å². The third-order valence-electron chi connectivity index (χ3n) is 2.32. The van der Waals surface area contributed by atoms with Crippen LogP contribution in [0.25, 0.3) is 0 Å². The molecule has 0 heterocycles. The molecular formula is C12H18BrNO. The summed E-state index contributed by atoms with van der Waals surface area (Å²) in [6, 6.07) is 4.23. The number of benzene rings is 1. The Balaban J connectivity index is 3.07. The SMILES string of the molecule is CCOc1cc(CC)c(Br)cc1CCN. The molecule has 2 nitrogen and oxygen atoms in total. The molecule has 0 spiro atoms. The first-order valence-corrected chi connectivity index (χ1v) is 6.16. The summed E-state index contributed by atoms with van der Waals surface area (Å²) in [5, 5.41) is 0. The van der Waals surface area contributed by atoms with Gasteiger partial charge in [0.1, 0.15) is 5.75 Å². The normalized spacial score (nSPS) is 10.4. The van der Waals surface area contributed by atoms with E-state index in [2.05, 4.69) is 35.0 Å². The van der Waals surface area contributed by atoms with Crippen LogP contribution in [0.5, 0.6) is 5.75 Å². The van der Waals surface area contributed by atoms with E-state index in [9.17, 15) is 0 Å². The van der Waals surface area contributed by atoms with Crippen LogP contribution in [0.4, 0.5) is 0 Å². The standard InChI is InChI=1S/C12H18BrNO/c1-3-9-8-12(15-4-2)10(5-6-14)7-11(9)13/h7-8H,3-6,14H2,1-2H3. The monoisotopic (exact) mass is 271 g/mol. The topological polar surface area (TPSA) is 35.2 Å². The number of halogens is 1. The molecule has 0 atom stereocenters. The molecule has 0 radical (unpaired) electrons. The molecule has 1 aromatic rings. The number of aryl methyl sites for hydroxylation is 1. The van der Waals surface area contributed by atoms with Crippen LogP contribution in [0.1, 0.15) is 25.0 Å². The molecule has 0 aliphatic rings. The predicted octanol–water partition coefficient (Wildman–Crippen LogP) is 2.91. The van der Waals surface area contributed by atoms with Gasteiger partial charge in [-0.3, -0.25) is 0 Å². The zero-order valence-electron chi connectivity index (χ0n) is 9.35. The van der Waals surface area contributed by atoms with Gasteiger partial charge in [-0.25, -0.2) is 0 Å². The Hall–Kier alpha value is -0.540. The first kappa shape index (κ1) is 12.5. The summed E-state index contributed by atoms with van der Waals surface area (Å²) in [4.78, 5) is 0. The molecular weight excluding hydrogens is 254 g/mol. The van der Waals surface area contributed by atoms with Crippen molar-refractivity contribution in [3.63, 3.8) is 0 Å². The van der Waals surface area contributed by atoms with Crippen LogP contribution in [0.15, 0.2) is 16.6 Å². The number of hydrogen-bond donors (Lipinski definition) is 1. The molecule has 2 N–H and O–H groups in total. The van der Waals surface area contributed by atoms with Gasteiger partial charge in [0.15, 0.2) is 0 Å². The lowest BCUT2D eigenvalue weighted by Gasteiger charge is -2.12. The van der Waals surface area contributed by atoms with E-state index in [1.165, 1.54) is 11.1 Å². The van der Waals surface area contributed by atoms with Gasteiger partial charge in [-0.15, -0.1) is 0 Å². The van der Waals surface area contributed by atoms with Crippen LogP contribution in [-0.4, -0.2) is 13.2 Å². The summed E-state index contributed by atoms with van der Waals surface area (Å²) in [6.45, 7) is 5.48. The van der Waals surface area contributed by atoms with Gasteiger partial charge in [-0.2, -0.15) is 0 Å². The van der Waals surface area contributed by atoms with Gasteiger partial charge < -0.3 is 10.5 Å². The molecule has 0 aromatic heterocycles. The maximum Gasteiger partial charge on any atom is 0.122 e. The smallest absolute Gasteiger partial charge is 0.122 e. The van der Waals surface area contributed by atoms with Crippen molar-refractivity contribution in [2.75, 3.05) is 13.2 Å². The lowest BCUT2D eigenvalue weighted by molar-refractivity contribution is 0.336. The Kier molecular flexibility index (Phi) is 5.12. The van der Waals surface area contributed by atoms with Crippen molar-refractivity contribution in [2.45, 2.75) is 26.7 Å². The van der Waals surface area contributed by atoms with Crippen LogP contribution in [0.2, 0.25) is 0 Å². The Bertz CT molecular complexity index is 326. The predicted molar refractivity (Wildman–Crippen MR) is 67.4 cm³/mol. The summed E-state index contributed by atoms with van der Waals surface area (Å²) in [7, 11) is 0. The van der Waals surface area contributed by atoms with Crippen molar-refractivity contribution >= 4 is 15.9 Å². The van der Waals surface area contributed by atoms with Crippen LogP contribution in [-0.2, 0) is 12.8 Å². The second kappa shape index (κ2) is 6.13. The maximum atomic E-state index is 5.61. The van der Waals surface area contributed by atoms with E-state index in [1.54, 1.807) is 0 Å². The summed E-state index contributed by atoms with van der Waals surface area (Å²) < 4.78 is 6.76. The highest BCUT2D eigenvalue weighted by atomic mass is 79.9. The van der Waals surface area contributed by atoms with E-state index < -0.39 is 0 Å². The first-order chi connectivity index (χ1) is 7.22. The highest BCUT2D eigenvalue weighted by Crippen LogP contribution is 2.28. The Labute approximate surface area is 99.9 Å². The molecule has 15 heavy (non-hydrogen) atoms. The molecule has 0 amide bonds. The van der Waals surface area contributed by atoms with E-state index in [0.717, 1.165) is 23.1 Å². The van der Waals surface area contributed by atoms with E-state index in [0.29, 0.717) is 13.2 Å². The van der Waals surface area contributed by atoms with Gasteiger partial charge in [-0.05, 0) is 49.6 Å². The number of rotatable bonds is 5. The van der Waals surface area contributed by atoms with E-state index in [4.69, 9.17) is 10.5 Å². The maximum absolute atomic E-state index is 5.61. The van der Waals surface area contributed by atoms with Crippen molar-refractivity contribution in [1.82, 2.24) is 0 Å². The molecule has 3 heteroatoms. The van der Waals surface area contributed by atoms with Crippen molar-refractivity contribution in [3.8, 4) is 5.75 Å². The molecule has 0 saturated carbocycles. The zero-order valence-corrected chi connectivity index (χ0v) is 10.9. The summed E-state index contributed by atoms with van der Waals surface area (Å²) >= 11 is 3.57. The lowest BCUT2D eigenvalue weighted by atomic mass is 10.1. The van der Waals surface area contributed by atoms with Gasteiger partial charge in [0.05, 0.1) is 6.61 Å². The lowest BCUT2D eigenvalue weighted by Crippen LogP contribution is -2.06. The zero-order chi connectivity index (χ0) is 11.3. The fourth-order valence-corrected chi connectivity index (χ4v) is 2.22. The largest absolute Gasteiger partial charge is 0.494 e. The van der Waals surface area contributed by atoms with Crippen LogP contribution in [0.3, 0.4) is 0 Å². The fraction of sp³-hybridized carbons (Fsp3) is 0.500. The van der Waals surface area contributed by atoms with Gasteiger partial charge in [-0.1, -0.05) is 22.9 Å². The molecule has 1 aromatic carbocycles. The highest BCUT2D eigenvalue weighted by Gasteiger charge is 2.07. The summed E-state index contributed by atoms with van der Waals surface area (Å²) in [6.07, 6.45) is 1.86. The molecule has 0 aliphatic heterocycles. The first-order valence-electron chi connectivity index (χ1n) is 5.37. The van der Waals surface area contributed by atoms with E-state index in [-0.39, 0.29) is 0 Å².